The summed E-state index contributed by atoms with van der Waals surface area (Å²) in [4.78, 5) is 28.9. The minimum Gasteiger partial charge on any atom is -0.494 e. The van der Waals surface area contributed by atoms with Crippen LogP contribution in [-0.2, 0) is 26.2 Å². The van der Waals surface area contributed by atoms with Crippen LogP contribution in [0, 0.1) is 0 Å². The number of para-hydroxylation sites is 1. The summed E-state index contributed by atoms with van der Waals surface area (Å²) in [7, 11) is -4.15. The van der Waals surface area contributed by atoms with Crippen molar-refractivity contribution in [1.29, 1.82) is 0 Å². The highest BCUT2D eigenvalue weighted by Gasteiger charge is 2.33. The molecule has 3 aromatic rings. The SMILES string of the molecule is CCOc1ccc(S(=O)(=O)N(CC(=O)N(Cc2cccc(Cl)c2)[C@H](C)C(=O)NC2CCCCC2)c2ccccc2)cc1. The van der Waals surface area contributed by atoms with E-state index in [1.54, 1.807) is 67.6 Å². The molecule has 1 N–H and O–H groups in total. The normalized spacial score (nSPS) is 14.5. The van der Waals surface area contributed by atoms with E-state index in [1.807, 2.05) is 13.0 Å². The third-order valence-electron chi connectivity index (χ3n) is 7.41. The number of benzene rings is 3. The molecule has 8 nitrogen and oxygen atoms in total. The molecule has 1 aliphatic carbocycles. The fraction of sp³-hybridized carbons (Fsp3) is 0.375. The topological polar surface area (TPSA) is 96.0 Å². The van der Waals surface area contributed by atoms with Crippen LogP contribution < -0.4 is 14.4 Å². The van der Waals surface area contributed by atoms with Crippen molar-refractivity contribution in [1.82, 2.24) is 10.2 Å². The first-order valence-electron chi connectivity index (χ1n) is 14.3. The zero-order valence-corrected chi connectivity index (χ0v) is 25.6. The van der Waals surface area contributed by atoms with Gasteiger partial charge in [-0.25, -0.2) is 8.42 Å². The van der Waals surface area contributed by atoms with Gasteiger partial charge in [-0.15, -0.1) is 0 Å². The number of carbonyl (C=O) groups is 2. The van der Waals surface area contributed by atoms with Crippen LogP contribution in [0.3, 0.4) is 0 Å². The van der Waals surface area contributed by atoms with E-state index in [2.05, 4.69) is 5.32 Å². The Morgan fingerprint density at radius 1 is 0.976 bits per heavy atom. The van der Waals surface area contributed by atoms with Crippen LogP contribution in [0.2, 0.25) is 5.02 Å². The Hall–Kier alpha value is -3.56. The van der Waals surface area contributed by atoms with Crippen LogP contribution in [0.4, 0.5) is 5.69 Å². The summed E-state index contributed by atoms with van der Waals surface area (Å²) in [5.74, 6) is -0.234. The Kier molecular flexibility index (Phi) is 10.9. The number of carbonyl (C=O) groups excluding carboxylic acids is 2. The smallest absolute Gasteiger partial charge is 0.264 e. The molecule has 0 bridgehead atoms. The summed E-state index contributed by atoms with van der Waals surface area (Å²) in [6.45, 7) is 3.56. The predicted molar refractivity (Wildman–Crippen MR) is 165 cm³/mol. The Balaban J connectivity index is 1.65. The monoisotopic (exact) mass is 611 g/mol. The van der Waals surface area contributed by atoms with Crippen LogP contribution in [0.5, 0.6) is 5.75 Å². The highest BCUT2D eigenvalue weighted by Crippen LogP contribution is 2.26. The number of hydrogen-bond donors (Lipinski definition) is 1. The predicted octanol–water partition coefficient (Wildman–Crippen LogP) is 5.80. The van der Waals surface area contributed by atoms with Crippen LogP contribution in [0.1, 0.15) is 51.5 Å². The summed E-state index contributed by atoms with van der Waals surface area (Å²) in [6.07, 6.45) is 5.07. The maximum Gasteiger partial charge on any atom is 0.264 e. The number of sulfonamides is 1. The van der Waals surface area contributed by atoms with Gasteiger partial charge in [0.15, 0.2) is 0 Å². The average Bonchev–Trinajstić information content (AvgIpc) is 2.99. The zero-order valence-electron chi connectivity index (χ0n) is 24.0. The summed E-state index contributed by atoms with van der Waals surface area (Å²) in [6, 6.07) is 20.9. The molecule has 0 aromatic heterocycles. The number of amides is 2. The molecule has 0 saturated heterocycles. The van der Waals surface area contributed by atoms with E-state index in [9.17, 15) is 18.0 Å². The van der Waals surface area contributed by atoms with Gasteiger partial charge in [0, 0.05) is 17.6 Å². The second kappa shape index (κ2) is 14.6. The van der Waals surface area contributed by atoms with Gasteiger partial charge in [-0.1, -0.05) is 61.2 Å². The quantitative estimate of drug-likeness (QED) is 0.279. The molecule has 1 fully saturated rings. The van der Waals surface area contributed by atoms with Crippen molar-refractivity contribution in [2.75, 3.05) is 17.5 Å². The lowest BCUT2D eigenvalue weighted by atomic mass is 9.95. The van der Waals surface area contributed by atoms with E-state index in [0.717, 1.165) is 42.0 Å². The standard InChI is InChI=1S/C32H38ClN3O5S/c1-3-41-29-17-19-30(20-18-29)42(39,40)36(28-15-8-5-9-16-28)23-31(37)35(22-25-11-10-12-26(33)21-25)24(2)32(38)34-27-13-6-4-7-14-27/h5,8-12,15-21,24,27H,3-4,6-7,13-14,22-23H2,1-2H3,(H,34,38)/t24-/m1/s1. The van der Waals surface area contributed by atoms with Crippen molar-refractivity contribution in [3.05, 3.63) is 89.4 Å². The second-order valence-electron chi connectivity index (χ2n) is 10.4. The van der Waals surface area contributed by atoms with Gasteiger partial charge in [-0.3, -0.25) is 13.9 Å². The molecule has 10 heteroatoms. The Morgan fingerprint density at radius 2 is 1.67 bits per heavy atom. The molecule has 3 aromatic carbocycles. The Labute approximate surface area is 253 Å². The van der Waals surface area contributed by atoms with Gasteiger partial charge in [-0.05, 0) is 80.8 Å². The van der Waals surface area contributed by atoms with Gasteiger partial charge in [0.05, 0.1) is 17.2 Å². The number of halogens is 1. The number of anilines is 1. The molecule has 0 heterocycles. The van der Waals surface area contributed by atoms with E-state index < -0.39 is 28.5 Å². The van der Waals surface area contributed by atoms with Gasteiger partial charge in [-0.2, -0.15) is 0 Å². The zero-order chi connectivity index (χ0) is 30.1. The first-order chi connectivity index (χ1) is 20.2. The maximum absolute atomic E-state index is 14.1. The number of nitrogens with zero attached hydrogens (tertiary/aromatic N) is 2. The lowest BCUT2D eigenvalue weighted by Crippen LogP contribution is -2.53. The molecule has 1 saturated carbocycles. The van der Waals surface area contributed by atoms with Crippen molar-refractivity contribution in [3.63, 3.8) is 0 Å². The minimum absolute atomic E-state index is 0.0205. The largest absolute Gasteiger partial charge is 0.494 e. The van der Waals surface area contributed by atoms with E-state index in [-0.39, 0.29) is 23.4 Å². The van der Waals surface area contributed by atoms with E-state index in [0.29, 0.717) is 23.1 Å². The molecule has 0 aliphatic heterocycles. The number of nitrogens with one attached hydrogen (secondary N) is 1. The molecule has 1 atom stereocenters. The maximum atomic E-state index is 14.1. The van der Waals surface area contributed by atoms with Gasteiger partial charge in [0.25, 0.3) is 10.0 Å². The number of rotatable bonds is 12. The first kappa shape index (κ1) is 31.4. The van der Waals surface area contributed by atoms with Crippen molar-refractivity contribution < 1.29 is 22.7 Å². The van der Waals surface area contributed by atoms with Crippen molar-refractivity contribution in [2.45, 2.75) is 69.5 Å². The fourth-order valence-electron chi connectivity index (χ4n) is 5.11. The van der Waals surface area contributed by atoms with Crippen LogP contribution in [0.15, 0.2) is 83.8 Å². The average molecular weight is 612 g/mol. The van der Waals surface area contributed by atoms with Crippen LogP contribution in [0.25, 0.3) is 0 Å². The molecule has 0 radical (unpaired) electrons. The fourth-order valence-corrected chi connectivity index (χ4v) is 6.74. The molecule has 1 aliphatic rings. The summed E-state index contributed by atoms with van der Waals surface area (Å²) >= 11 is 6.22. The third-order valence-corrected chi connectivity index (χ3v) is 9.43. The summed E-state index contributed by atoms with van der Waals surface area (Å²) in [5.41, 5.74) is 1.07. The molecule has 2 amide bonds. The van der Waals surface area contributed by atoms with E-state index in [4.69, 9.17) is 16.3 Å². The Morgan fingerprint density at radius 3 is 2.31 bits per heavy atom. The van der Waals surface area contributed by atoms with Crippen molar-refractivity contribution >= 4 is 39.1 Å². The Bertz CT molecular complexity index is 1440. The molecule has 224 valence electrons. The highest BCUT2D eigenvalue weighted by molar-refractivity contribution is 7.92. The molecular weight excluding hydrogens is 574 g/mol. The third kappa shape index (κ3) is 8.04. The molecule has 0 unspecified atom stereocenters. The van der Waals surface area contributed by atoms with Crippen LogP contribution in [-0.4, -0.2) is 50.4 Å². The molecular formula is C32H38ClN3O5S. The second-order valence-corrected chi connectivity index (χ2v) is 12.7. The minimum atomic E-state index is -4.15. The van der Waals surface area contributed by atoms with Gasteiger partial charge >= 0.3 is 0 Å². The molecule has 42 heavy (non-hydrogen) atoms. The van der Waals surface area contributed by atoms with Gasteiger partial charge in [0.1, 0.15) is 18.3 Å². The number of ether oxygens (including phenoxy) is 1. The van der Waals surface area contributed by atoms with Crippen LogP contribution >= 0.6 is 11.6 Å². The molecule has 0 spiro atoms. The summed E-state index contributed by atoms with van der Waals surface area (Å²) < 4.78 is 34.4. The van der Waals surface area contributed by atoms with Crippen molar-refractivity contribution in [2.24, 2.45) is 0 Å². The van der Waals surface area contributed by atoms with Gasteiger partial charge in [0.2, 0.25) is 11.8 Å². The lowest BCUT2D eigenvalue weighted by molar-refractivity contribution is -0.139. The van der Waals surface area contributed by atoms with Gasteiger partial charge < -0.3 is 15.0 Å². The van der Waals surface area contributed by atoms with E-state index >= 15 is 0 Å². The molecule has 4 rings (SSSR count). The number of hydrogen-bond acceptors (Lipinski definition) is 5. The first-order valence-corrected chi connectivity index (χ1v) is 16.2. The van der Waals surface area contributed by atoms with E-state index in [1.165, 1.54) is 17.0 Å². The summed E-state index contributed by atoms with van der Waals surface area (Å²) in [5, 5.41) is 3.61. The lowest BCUT2D eigenvalue weighted by Gasteiger charge is -2.33. The highest BCUT2D eigenvalue weighted by atomic mass is 35.5. The van der Waals surface area contributed by atoms with Crippen molar-refractivity contribution in [3.8, 4) is 5.75 Å².